The first kappa shape index (κ1) is 19.0. The monoisotopic (exact) mass is 401 g/mol. The van der Waals surface area contributed by atoms with Crippen LogP contribution < -0.4 is 5.32 Å². The molecule has 0 aliphatic heterocycles. The van der Waals surface area contributed by atoms with Crippen LogP contribution in [-0.2, 0) is 6.42 Å². The third-order valence-corrected chi connectivity index (χ3v) is 6.60. The molecule has 1 heterocycles. The van der Waals surface area contributed by atoms with Crippen LogP contribution in [0.15, 0.2) is 59.1 Å². The maximum Gasteiger partial charge on any atom is 0.328 e. The van der Waals surface area contributed by atoms with Crippen molar-refractivity contribution in [2.45, 2.75) is 50.9 Å². The first-order valence-electron chi connectivity index (χ1n) is 11.0. The molecule has 0 atom stereocenters. The van der Waals surface area contributed by atoms with Crippen molar-refractivity contribution in [1.29, 1.82) is 0 Å². The lowest BCUT2D eigenvalue weighted by Gasteiger charge is -2.28. The maximum atomic E-state index is 12.6. The van der Waals surface area contributed by atoms with Gasteiger partial charge in [-0.3, -0.25) is 10.1 Å². The van der Waals surface area contributed by atoms with Gasteiger partial charge >= 0.3 is 6.01 Å². The van der Waals surface area contributed by atoms with Crippen LogP contribution in [0.25, 0.3) is 0 Å². The highest BCUT2D eigenvalue weighted by molar-refractivity contribution is 6.03. The molecule has 5 nitrogen and oxygen atoms in total. The highest BCUT2D eigenvalue weighted by Gasteiger charge is 2.34. The predicted molar refractivity (Wildman–Crippen MR) is 115 cm³/mol. The Bertz CT molecular complexity index is 985. The number of hydrogen-bond acceptors (Lipinski definition) is 4. The van der Waals surface area contributed by atoms with Crippen molar-refractivity contribution in [1.82, 2.24) is 10.1 Å². The Balaban J connectivity index is 1.16. The average molecular weight is 402 g/mol. The van der Waals surface area contributed by atoms with Gasteiger partial charge in [-0.15, -0.1) is 0 Å². The summed E-state index contributed by atoms with van der Waals surface area (Å²) in [5, 5.41) is 6.66. The maximum absolute atomic E-state index is 12.6. The summed E-state index contributed by atoms with van der Waals surface area (Å²) < 4.78 is 5.19. The topological polar surface area (TPSA) is 68.0 Å². The molecule has 0 radical (unpaired) electrons. The first-order valence-corrected chi connectivity index (χ1v) is 11.0. The van der Waals surface area contributed by atoms with Crippen LogP contribution in [0, 0.1) is 11.8 Å². The van der Waals surface area contributed by atoms with Crippen molar-refractivity contribution in [3.63, 3.8) is 0 Å². The number of amides is 1. The summed E-state index contributed by atoms with van der Waals surface area (Å²) in [6.45, 7) is 0. The minimum atomic E-state index is -0.228. The van der Waals surface area contributed by atoms with Crippen LogP contribution in [0.2, 0.25) is 0 Å². The van der Waals surface area contributed by atoms with E-state index in [1.165, 1.54) is 44.1 Å². The van der Waals surface area contributed by atoms with E-state index in [9.17, 15) is 4.79 Å². The van der Waals surface area contributed by atoms with E-state index in [4.69, 9.17) is 4.52 Å². The largest absolute Gasteiger partial charge is 0.328 e. The number of anilines is 1. The Kier molecular flexibility index (Phi) is 5.35. The fourth-order valence-corrected chi connectivity index (χ4v) is 4.72. The van der Waals surface area contributed by atoms with Crippen molar-refractivity contribution < 1.29 is 9.32 Å². The van der Waals surface area contributed by atoms with Crippen molar-refractivity contribution in [2.75, 3.05) is 5.32 Å². The van der Waals surface area contributed by atoms with E-state index < -0.39 is 0 Å². The minimum Gasteiger partial charge on any atom is -0.315 e. The molecule has 154 valence electrons. The molecular weight excluding hydrogens is 374 g/mol. The predicted octanol–water partition coefficient (Wildman–Crippen LogP) is 5.60. The summed E-state index contributed by atoms with van der Waals surface area (Å²) in [7, 11) is 0. The highest BCUT2D eigenvalue weighted by Crippen LogP contribution is 2.47. The van der Waals surface area contributed by atoms with E-state index in [-0.39, 0.29) is 11.9 Å². The van der Waals surface area contributed by atoms with E-state index in [0.717, 1.165) is 17.4 Å². The van der Waals surface area contributed by atoms with Crippen LogP contribution in [-0.4, -0.2) is 16.0 Å². The molecular formula is C25H27N3O2. The Labute approximate surface area is 176 Å². The van der Waals surface area contributed by atoms with E-state index in [0.29, 0.717) is 23.7 Å². The summed E-state index contributed by atoms with van der Waals surface area (Å²) >= 11 is 0. The van der Waals surface area contributed by atoms with Gasteiger partial charge in [0.05, 0.1) is 0 Å². The minimum absolute atomic E-state index is 0.133. The Morgan fingerprint density at radius 3 is 2.23 bits per heavy atom. The van der Waals surface area contributed by atoms with Gasteiger partial charge in [-0.05, 0) is 79.5 Å². The van der Waals surface area contributed by atoms with Crippen molar-refractivity contribution in [2.24, 2.45) is 11.8 Å². The third-order valence-electron chi connectivity index (χ3n) is 6.60. The quantitative estimate of drug-likeness (QED) is 0.584. The smallest absolute Gasteiger partial charge is 0.315 e. The number of carbonyl (C=O) groups excluding carboxylic acids is 1. The normalized spacial score (nSPS) is 21.3. The van der Waals surface area contributed by atoms with E-state index in [2.05, 4.69) is 27.6 Å². The van der Waals surface area contributed by atoms with E-state index >= 15 is 0 Å². The molecule has 5 rings (SSSR count). The molecule has 0 saturated heterocycles. The second kappa shape index (κ2) is 8.42. The van der Waals surface area contributed by atoms with Crippen LogP contribution >= 0.6 is 0 Å². The highest BCUT2D eigenvalue weighted by atomic mass is 16.5. The van der Waals surface area contributed by atoms with E-state index in [1.54, 1.807) is 0 Å². The molecule has 2 fully saturated rings. The summed E-state index contributed by atoms with van der Waals surface area (Å²) in [5.74, 6) is 2.94. The second-order valence-corrected chi connectivity index (χ2v) is 8.70. The fourth-order valence-electron chi connectivity index (χ4n) is 4.72. The number of nitrogens with one attached hydrogen (secondary N) is 1. The number of carbonyl (C=O) groups is 1. The number of rotatable bonds is 6. The number of aromatic nitrogens is 2. The molecule has 1 amide bonds. The number of hydrogen-bond donors (Lipinski definition) is 1. The van der Waals surface area contributed by atoms with Gasteiger partial charge in [-0.1, -0.05) is 47.6 Å². The summed E-state index contributed by atoms with van der Waals surface area (Å²) in [6, 6.07) is 18.1. The second-order valence-electron chi connectivity index (χ2n) is 8.70. The molecule has 2 aliphatic carbocycles. The summed E-state index contributed by atoms with van der Waals surface area (Å²) in [4.78, 5) is 16.8. The van der Waals surface area contributed by atoms with Gasteiger partial charge < -0.3 is 4.52 Å². The summed E-state index contributed by atoms with van der Waals surface area (Å²) in [5.41, 5.74) is 3.05. The van der Waals surface area contributed by atoms with E-state index in [1.807, 2.05) is 42.5 Å². The lowest BCUT2D eigenvalue weighted by Crippen LogP contribution is -2.15. The zero-order valence-electron chi connectivity index (χ0n) is 17.1. The molecule has 5 heteroatoms. The molecule has 2 aliphatic rings. The molecule has 30 heavy (non-hydrogen) atoms. The van der Waals surface area contributed by atoms with Gasteiger partial charge in [0.25, 0.3) is 5.91 Å². The molecule has 1 aromatic heterocycles. The van der Waals surface area contributed by atoms with Gasteiger partial charge in [-0.2, -0.15) is 4.98 Å². The molecule has 1 N–H and O–H groups in total. The molecule has 2 aromatic carbocycles. The van der Waals surface area contributed by atoms with Gasteiger partial charge in [0.1, 0.15) is 0 Å². The first-order chi connectivity index (χ1) is 14.7. The van der Waals surface area contributed by atoms with Crippen LogP contribution in [0.1, 0.15) is 71.8 Å². The SMILES string of the molecule is O=C(Nc1nc(Cc2ccccc2)no1)c1ccc(C2CCC(C3CC3)CC2)cc1. The molecule has 2 saturated carbocycles. The molecule has 0 bridgehead atoms. The number of nitrogens with zero attached hydrogens (tertiary/aromatic N) is 2. The van der Waals surface area contributed by atoms with Crippen molar-refractivity contribution >= 4 is 11.9 Å². The number of benzene rings is 2. The van der Waals surface area contributed by atoms with Crippen LogP contribution in [0.4, 0.5) is 6.01 Å². The lowest BCUT2D eigenvalue weighted by atomic mass is 9.77. The summed E-state index contributed by atoms with van der Waals surface area (Å²) in [6.07, 6.45) is 8.75. The Morgan fingerprint density at radius 2 is 1.57 bits per heavy atom. The van der Waals surface area contributed by atoms with Crippen LogP contribution in [0.3, 0.4) is 0 Å². The van der Waals surface area contributed by atoms with Crippen LogP contribution in [0.5, 0.6) is 0 Å². The molecule has 3 aromatic rings. The molecule has 0 unspecified atom stereocenters. The Morgan fingerprint density at radius 1 is 0.900 bits per heavy atom. The van der Waals surface area contributed by atoms with Gasteiger partial charge in [-0.25, -0.2) is 0 Å². The fraction of sp³-hybridized carbons (Fsp3) is 0.400. The average Bonchev–Trinajstić information content (AvgIpc) is 3.56. The standard InChI is InChI=1S/C25H27N3O2/c29-24(27-25-26-23(28-30-25)16-17-4-2-1-3-5-17)22-14-12-21(13-15-22)20-10-8-19(9-11-20)18-6-7-18/h1-5,12-15,18-20H,6-11,16H2,(H,26,27,28,29). The zero-order chi connectivity index (χ0) is 20.3. The van der Waals surface area contributed by atoms with Gasteiger partial charge in [0.15, 0.2) is 5.82 Å². The zero-order valence-corrected chi connectivity index (χ0v) is 17.1. The molecule has 0 spiro atoms. The van der Waals surface area contributed by atoms with Gasteiger partial charge in [0, 0.05) is 12.0 Å². The van der Waals surface area contributed by atoms with Crippen molar-refractivity contribution in [3.8, 4) is 0 Å². The lowest BCUT2D eigenvalue weighted by molar-refractivity contribution is 0.102. The van der Waals surface area contributed by atoms with Crippen molar-refractivity contribution in [3.05, 3.63) is 77.1 Å². The Hall–Kier alpha value is -2.95. The van der Waals surface area contributed by atoms with Gasteiger partial charge in [0.2, 0.25) is 0 Å². The third kappa shape index (κ3) is 4.45.